The Bertz CT molecular complexity index is 473. The molecular weight excluding hydrogens is 259 g/mol. The van der Waals surface area contributed by atoms with E-state index >= 15 is 0 Å². The van der Waals surface area contributed by atoms with Gasteiger partial charge in [-0.2, -0.15) is 0 Å². The maximum atomic E-state index is 13.8. The summed E-state index contributed by atoms with van der Waals surface area (Å²) in [6.07, 6.45) is 2.18. The van der Waals surface area contributed by atoms with Crippen LogP contribution in [-0.2, 0) is 0 Å². The number of hydrogen-bond acceptors (Lipinski definition) is 3. The number of nitrogens with one attached hydrogen (secondary N) is 2. The lowest BCUT2D eigenvalue weighted by Crippen LogP contribution is -2.44. The highest BCUT2D eigenvalue weighted by Gasteiger charge is 2.24. The molecule has 0 aliphatic carbocycles. The van der Waals surface area contributed by atoms with Crippen LogP contribution in [0.1, 0.15) is 30.1 Å². The van der Waals surface area contributed by atoms with Crippen molar-refractivity contribution < 1.29 is 13.9 Å². The van der Waals surface area contributed by atoms with Crippen LogP contribution in [0.4, 0.5) is 4.39 Å². The van der Waals surface area contributed by atoms with E-state index in [-0.39, 0.29) is 17.4 Å². The van der Waals surface area contributed by atoms with Gasteiger partial charge < -0.3 is 15.4 Å². The summed E-state index contributed by atoms with van der Waals surface area (Å²) in [6.45, 7) is 3.87. The first-order valence-corrected chi connectivity index (χ1v) is 6.97. The molecule has 110 valence electrons. The summed E-state index contributed by atoms with van der Waals surface area (Å²) >= 11 is 0. The van der Waals surface area contributed by atoms with Crippen LogP contribution in [0.25, 0.3) is 0 Å². The summed E-state index contributed by atoms with van der Waals surface area (Å²) in [5.41, 5.74) is -0.0226. The Morgan fingerprint density at radius 1 is 1.55 bits per heavy atom. The number of methoxy groups -OCH3 is 1. The highest BCUT2D eigenvalue weighted by molar-refractivity contribution is 5.97. The van der Waals surface area contributed by atoms with E-state index in [1.807, 2.05) is 6.92 Å². The van der Waals surface area contributed by atoms with Crippen molar-refractivity contribution in [3.8, 4) is 5.75 Å². The lowest BCUT2D eigenvalue weighted by molar-refractivity contribution is 0.0914. The number of ether oxygens (including phenoxy) is 1. The van der Waals surface area contributed by atoms with Crippen molar-refractivity contribution in [2.75, 3.05) is 20.2 Å². The van der Waals surface area contributed by atoms with Gasteiger partial charge in [0.05, 0.1) is 7.11 Å². The molecule has 20 heavy (non-hydrogen) atoms. The lowest BCUT2D eigenvalue weighted by Gasteiger charge is -2.29. The molecule has 0 aromatic heterocycles. The fourth-order valence-corrected chi connectivity index (χ4v) is 2.60. The smallest absolute Gasteiger partial charge is 0.258 e. The van der Waals surface area contributed by atoms with E-state index in [0.717, 1.165) is 25.9 Å². The highest BCUT2D eigenvalue weighted by Crippen LogP contribution is 2.22. The fraction of sp³-hybridized carbons (Fsp3) is 0.533. The van der Waals surface area contributed by atoms with Gasteiger partial charge in [-0.1, -0.05) is 6.07 Å². The number of hydrogen-bond donors (Lipinski definition) is 2. The molecule has 2 rings (SSSR count). The third-order valence-electron chi connectivity index (χ3n) is 3.82. The first kappa shape index (κ1) is 14.8. The van der Waals surface area contributed by atoms with Crippen molar-refractivity contribution in [3.05, 3.63) is 29.6 Å². The van der Waals surface area contributed by atoms with E-state index < -0.39 is 11.7 Å². The third kappa shape index (κ3) is 3.28. The van der Waals surface area contributed by atoms with E-state index in [1.165, 1.54) is 19.2 Å². The number of piperidine rings is 1. The minimum absolute atomic E-state index is 0.000359. The van der Waals surface area contributed by atoms with Crippen molar-refractivity contribution in [1.82, 2.24) is 10.6 Å². The number of amides is 1. The standard InChI is InChI=1S/C15H21FN2O2/c1-10(11-5-4-8-17-9-11)18-15(19)14-12(16)6-3-7-13(14)20-2/h3,6-7,10-11,17H,4-5,8-9H2,1-2H3,(H,18,19). The van der Waals surface area contributed by atoms with Crippen LogP contribution in [0.15, 0.2) is 18.2 Å². The Balaban J connectivity index is 2.08. The summed E-state index contributed by atoms with van der Waals surface area (Å²) in [5.74, 6) is -0.337. The van der Waals surface area contributed by atoms with Gasteiger partial charge in [-0.15, -0.1) is 0 Å². The van der Waals surface area contributed by atoms with E-state index in [1.54, 1.807) is 6.07 Å². The minimum Gasteiger partial charge on any atom is -0.496 e. The number of benzene rings is 1. The van der Waals surface area contributed by atoms with Crippen LogP contribution >= 0.6 is 0 Å². The van der Waals surface area contributed by atoms with Crippen LogP contribution in [-0.4, -0.2) is 32.1 Å². The Morgan fingerprint density at radius 3 is 3.00 bits per heavy atom. The SMILES string of the molecule is COc1cccc(F)c1C(=O)NC(C)C1CCCNC1. The van der Waals surface area contributed by atoms with Gasteiger partial charge in [0.25, 0.3) is 5.91 Å². The maximum Gasteiger partial charge on any atom is 0.258 e. The van der Waals surface area contributed by atoms with Gasteiger partial charge in [0.1, 0.15) is 17.1 Å². The number of carbonyl (C=O) groups excluding carboxylic acids is 1. The van der Waals surface area contributed by atoms with Gasteiger partial charge in [0, 0.05) is 6.04 Å². The van der Waals surface area contributed by atoms with Crippen molar-refractivity contribution in [2.24, 2.45) is 5.92 Å². The first-order chi connectivity index (χ1) is 9.63. The molecule has 1 fully saturated rings. The summed E-state index contributed by atoms with van der Waals surface area (Å²) < 4.78 is 18.9. The predicted molar refractivity (Wildman–Crippen MR) is 75.5 cm³/mol. The lowest BCUT2D eigenvalue weighted by atomic mass is 9.92. The van der Waals surface area contributed by atoms with Crippen LogP contribution in [0.5, 0.6) is 5.75 Å². The molecule has 0 saturated carbocycles. The van der Waals surface area contributed by atoms with Crippen molar-refractivity contribution in [2.45, 2.75) is 25.8 Å². The predicted octanol–water partition coefficient (Wildman–Crippen LogP) is 1.95. The van der Waals surface area contributed by atoms with Crippen molar-refractivity contribution in [1.29, 1.82) is 0 Å². The summed E-state index contributed by atoms with van der Waals surface area (Å²) in [4.78, 5) is 12.2. The molecule has 2 unspecified atom stereocenters. The van der Waals surface area contributed by atoms with Crippen LogP contribution in [0.3, 0.4) is 0 Å². The monoisotopic (exact) mass is 280 g/mol. The molecular formula is C15H21FN2O2. The normalized spacial score (nSPS) is 20.2. The molecule has 0 bridgehead atoms. The van der Waals surface area contributed by atoms with Crippen LogP contribution < -0.4 is 15.4 Å². The summed E-state index contributed by atoms with van der Waals surface area (Å²) in [7, 11) is 1.43. The molecule has 0 spiro atoms. The zero-order valence-corrected chi connectivity index (χ0v) is 11.9. The average molecular weight is 280 g/mol. The molecule has 1 saturated heterocycles. The van der Waals surface area contributed by atoms with E-state index in [9.17, 15) is 9.18 Å². The van der Waals surface area contributed by atoms with Gasteiger partial charge >= 0.3 is 0 Å². The molecule has 0 radical (unpaired) electrons. The average Bonchev–Trinajstić information content (AvgIpc) is 2.47. The second kappa shape index (κ2) is 6.70. The van der Waals surface area contributed by atoms with Crippen molar-refractivity contribution >= 4 is 5.91 Å². The molecule has 1 heterocycles. The highest BCUT2D eigenvalue weighted by atomic mass is 19.1. The van der Waals surface area contributed by atoms with Gasteiger partial charge in [-0.3, -0.25) is 4.79 Å². The van der Waals surface area contributed by atoms with Crippen LogP contribution in [0, 0.1) is 11.7 Å². The second-order valence-corrected chi connectivity index (χ2v) is 5.19. The zero-order valence-electron chi connectivity index (χ0n) is 11.9. The molecule has 1 aromatic rings. The molecule has 1 aliphatic heterocycles. The topological polar surface area (TPSA) is 50.4 Å². The number of rotatable bonds is 4. The van der Waals surface area contributed by atoms with Gasteiger partial charge in [0.2, 0.25) is 0 Å². The zero-order chi connectivity index (χ0) is 14.5. The van der Waals surface area contributed by atoms with Crippen LogP contribution in [0.2, 0.25) is 0 Å². The maximum absolute atomic E-state index is 13.8. The number of carbonyl (C=O) groups is 1. The van der Waals surface area contributed by atoms with E-state index in [4.69, 9.17) is 4.74 Å². The Morgan fingerprint density at radius 2 is 2.35 bits per heavy atom. The quantitative estimate of drug-likeness (QED) is 0.886. The van der Waals surface area contributed by atoms with Crippen molar-refractivity contribution in [3.63, 3.8) is 0 Å². The molecule has 2 N–H and O–H groups in total. The van der Waals surface area contributed by atoms with E-state index in [0.29, 0.717) is 5.92 Å². The molecule has 4 nitrogen and oxygen atoms in total. The summed E-state index contributed by atoms with van der Waals surface area (Å²) in [5, 5.41) is 6.20. The third-order valence-corrected chi connectivity index (χ3v) is 3.82. The van der Waals surface area contributed by atoms with E-state index in [2.05, 4.69) is 10.6 Å². The second-order valence-electron chi connectivity index (χ2n) is 5.19. The minimum atomic E-state index is -0.559. The largest absolute Gasteiger partial charge is 0.496 e. The summed E-state index contributed by atoms with van der Waals surface area (Å²) in [6, 6.07) is 4.38. The molecule has 1 aliphatic rings. The first-order valence-electron chi connectivity index (χ1n) is 6.97. The van der Waals surface area contributed by atoms with Gasteiger partial charge in [-0.05, 0) is 50.9 Å². The van der Waals surface area contributed by atoms with Gasteiger partial charge in [0.15, 0.2) is 0 Å². The Kier molecular flexibility index (Phi) is 4.95. The molecule has 1 amide bonds. The van der Waals surface area contributed by atoms with Gasteiger partial charge in [-0.25, -0.2) is 4.39 Å². The molecule has 2 atom stereocenters. The molecule has 5 heteroatoms. The fourth-order valence-electron chi connectivity index (χ4n) is 2.60. The Labute approximate surface area is 118 Å². The number of halogens is 1. The Hall–Kier alpha value is -1.62. The molecule has 1 aromatic carbocycles.